The van der Waals surface area contributed by atoms with E-state index >= 15 is 0 Å². The highest BCUT2D eigenvalue weighted by atomic mass is 127. The highest BCUT2D eigenvalue weighted by Crippen LogP contribution is 2.19. The van der Waals surface area contributed by atoms with E-state index in [1.54, 1.807) is 4.90 Å². The van der Waals surface area contributed by atoms with E-state index in [1.807, 2.05) is 24.3 Å². The van der Waals surface area contributed by atoms with Crippen molar-refractivity contribution in [3.8, 4) is 0 Å². The fourth-order valence-corrected chi connectivity index (χ4v) is 2.46. The molecule has 1 amide bonds. The van der Waals surface area contributed by atoms with Gasteiger partial charge in [0.25, 0.3) is 5.91 Å². The first kappa shape index (κ1) is 13.3. The van der Waals surface area contributed by atoms with E-state index in [0.29, 0.717) is 31.5 Å². The average Bonchev–Trinajstić information content (AvgIpc) is 2.39. The van der Waals surface area contributed by atoms with Gasteiger partial charge in [-0.15, -0.1) is 0 Å². The van der Waals surface area contributed by atoms with Gasteiger partial charge in [0.2, 0.25) is 0 Å². The molecular weight excluding hydrogens is 345 g/mol. The van der Waals surface area contributed by atoms with E-state index in [9.17, 15) is 9.59 Å². The van der Waals surface area contributed by atoms with E-state index < -0.39 is 5.97 Å². The maximum atomic E-state index is 12.2. The number of hydrogen-bond acceptors (Lipinski definition) is 2. The van der Waals surface area contributed by atoms with Crippen molar-refractivity contribution in [2.45, 2.75) is 12.8 Å². The summed E-state index contributed by atoms with van der Waals surface area (Å²) in [6.07, 6.45) is 1.09. The molecule has 1 saturated heterocycles. The molecule has 0 atom stereocenters. The number of benzene rings is 1. The largest absolute Gasteiger partial charge is 0.481 e. The van der Waals surface area contributed by atoms with Crippen LogP contribution in [0.2, 0.25) is 0 Å². The molecule has 0 saturated carbocycles. The Kier molecular flexibility index (Phi) is 4.21. The number of carbonyl (C=O) groups is 2. The van der Waals surface area contributed by atoms with Crippen LogP contribution in [0, 0.1) is 9.49 Å². The Bertz CT molecular complexity index is 450. The summed E-state index contributed by atoms with van der Waals surface area (Å²) in [4.78, 5) is 24.7. The normalized spacial score (nSPS) is 16.6. The summed E-state index contributed by atoms with van der Waals surface area (Å²) < 4.78 is 1.09. The molecule has 0 bridgehead atoms. The number of rotatable bonds is 2. The highest BCUT2D eigenvalue weighted by molar-refractivity contribution is 14.1. The number of likely N-dealkylation sites (tertiary alicyclic amines) is 1. The zero-order chi connectivity index (χ0) is 13.1. The number of nitrogens with zero attached hydrogens (tertiary/aromatic N) is 1. The van der Waals surface area contributed by atoms with Crippen molar-refractivity contribution >= 4 is 34.5 Å². The number of carbonyl (C=O) groups excluding carboxylic acids is 1. The summed E-state index contributed by atoms with van der Waals surface area (Å²) >= 11 is 2.19. The molecule has 0 spiro atoms. The van der Waals surface area contributed by atoms with Gasteiger partial charge in [0.1, 0.15) is 0 Å². The van der Waals surface area contributed by atoms with E-state index in [0.717, 1.165) is 3.57 Å². The molecule has 5 heteroatoms. The van der Waals surface area contributed by atoms with Crippen molar-refractivity contribution in [2.24, 2.45) is 5.92 Å². The third-order valence-corrected chi connectivity index (χ3v) is 3.94. The topological polar surface area (TPSA) is 57.6 Å². The first-order valence-electron chi connectivity index (χ1n) is 5.85. The Morgan fingerprint density at radius 1 is 1.17 bits per heavy atom. The molecule has 18 heavy (non-hydrogen) atoms. The van der Waals surface area contributed by atoms with Crippen molar-refractivity contribution in [3.05, 3.63) is 33.4 Å². The van der Waals surface area contributed by atoms with E-state index in [4.69, 9.17) is 5.11 Å². The van der Waals surface area contributed by atoms with Crippen molar-refractivity contribution in [2.75, 3.05) is 13.1 Å². The van der Waals surface area contributed by atoms with Crippen LogP contribution < -0.4 is 0 Å². The molecule has 0 radical (unpaired) electrons. The van der Waals surface area contributed by atoms with Gasteiger partial charge in [-0.25, -0.2) is 0 Å². The standard InChI is InChI=1S/C13H14INO3/c14-11-3-1-9(2-4-11)12(16)15-7-5-10(6-8-15)13(17)18/h1-4,10H,5-8H2,(H,17,18). The second-order valence-electron chi connectivity index (χ2n) is 4.41. The third-order valence-electron chi connectivity index (χ3n) is 3.22. The van der Waals surface area contributed by atoms with Crippen molar-refractivity contribution in [3.63, 3.8) is 0 Å². The summed E-state index contributed by atoms with van der Waals surface area (Å²) in [7, 11) is 0. The molecular formula is C13H14INO3. The number of aliphatic carboxylic acids is 1. The molecule has 1 aliphatic heterocycles. The van der Waals surface area contributed by atoms with Crippen LogP contribution >= 0.6 is 22.6 Å². The number of hydrogen-bond donors (Lipinski definition) is 1. The summed E-state index contributed by atoms with van der Waals surface area (Å²) in [5.74, 6) is -1.06. The molecule has 0 aliphatic carbocycles. The molecule has 1 aliphatic rings. The SMILES string of the molecule is O=C(O)C1CCN(C(=O)c2ccc(I)cc2)CC1. The molecule has 0 aromatic heterocycles. The smallest absolute Gasteiger partial charge is 0.306 e. The quantitative estimate of drug-likeness (QED) is 0.824. The summed E-state index contributed by atoms with van der Waals surface area (Å²) in [6, 6.07) is 7.43. The van der Waals surface area contributed by atoms with Crippen LogP contribution in [0.15, 0.2) is 24.3 Å². The van der Waals surface area contributed by atoms with Crippen LogP contribution in [-0.4, -0.2) is 35.0 Å². The van der Waals surface area contributed by atoms with E-state index in [2.05, 4.69) is 22.6 Å². The highest BCUT2D eigenvalue weighted by Gasteiger charge is 2.27. The van der Waals surface area contributed by atoms with Crippen LogP contribution in [0.3, 0.4) is 0 Å². The van der Waals surface area contributed by atoms with Crippen LogP contribution in [-0.2, 0) is 4.79 Å². The molecule has 1 fully saturated rings. The van der Waals surface area contributed by atoms with Crippen LogP contribution in [0.25, 0.3) is 0 Å². The van der Waals surface area contributed by atoms with Gasteiger partial charge in [-0.3, -0.25) is 9.59 Å². The monoisotopic (exact) mass is 359 g/mol. The lowest BCUT2D eigenvalue weighted by molar-refractivity contribution is -0.143. The van der Waals surface area contributed by atoms with Crippen LogP contribution in [0.5, 0.6) is 0 Å². The van der Waals surface area contributed by atoms with E-state index in [-0.39, 0.29) is 11.8 Å². The first-order chi connectivity index (χ1) is 8.58. The minimum Gasteiger partial charge on any atom is -0.481 e. The number of piperidine rings is 1. The number of carboxylic acid groups (broad SMARTS) is 1. The van der Waals surface area contributed by atoms with Gasteiger partial charge in [-0.2, -0.15) is 0 Å². The fourth-order valence-electron chi connectivity index (χ4n) is 2.10. The van der Waals surface area contributed by atoms with Gasteiger partial charge in [0.15, 0.2) is 0 Å². The summed E-state index contributed by atoms with van der Waals surface area (Å²) in [5, 5.41) is 8.91. The minimum absolute atomic E-state index is 0.00441. The van der Waals surface area contributed by atoms with Crippen molar-refractivity contribution in [1.29, 1.82) is 0 Å². The van der Waals surface area contributed by atoms with Gasteiger partial charge in [-0.05, 0) is 59.7 Å². The van der Waals surface area contributed by atoms with Gasteiger partial charge in [0, 0.05) is 22.2 Å². The van der Waals surface area contributed by atoms with E-state index in [1.165, 1.54) is 0 Å². The zero-order valence-corrected chi connectivity index (χ0v) is 12.0. The minimum atomic E-state index is -0.753. The first-order valence-corrected chi connectivity index (χ1v) is 6.93. The van der Waals surface area contributed by atoms with Crippen molar-refractivity contribution in [1.82, 2.24) is 4.90 Å². The molecule has 1 heterocycles. The van der Waals surface area contributed by atoms with Crippen molar-refractivity contribution < 1.29 is 14.7 Å². The maximum absolute atomic E-state index is 12.2. The molecule has 1 aromatic rings. The molecule has 1 N–H and O–H groups in total. The molecule has 4 nitrogen and oxygen atoms in total. The predicted octanol–water partition coefficient (Wildman–Crippen LogP) is 2.23. The Balaban J connectivity index is 1.99. The Hall–Kier alpha value is -1.11. The maximum Gasteiger partial charge on any atom is 0.306 e. The summed E-state index contributed by atoms with van der Waals surface area (Å²) in [5.41, 5.74) is 0.671. The fraction of sp³-hybridized carbons (Fsp3) is 0.385. The van der Waals surface area contributed by atoms with Crippen LogP contribution in [0.4, 0.5) is 0 Å². The lowest BCUT2D eigenvalue weighted by Crippen LogP contribution is -2.40. The molecule has 1 aromatic carbocycles. The third kappa shape index (κ3) is 3.01. The Morgan fingerprint density at radius 3 is 2.22 bits per heavy atom. The predicted molar refractivity (Wildman–Crippen MR) is 75.4 cm³/mol. The number of halogens is 1. The summed E-state index contributed by atoms with van der Waals surface area (Å²) in [6.45, 7) is 1.06. The molecule has 0 unspecified atom stereocenters. The van der Waals surface area contributed by atoms with Gasteiger partial charge < -0.3 is 10.0 Å². The number of carboxylic acids is 1. The van der Waals surface area contributed by atoms with Gasteiger partial charge in [0.05, 0.1) is 5.92 Å². The van der Waals surface area contributed by atoms with Crippen LogP contribution in [0.1, 0.15) is 23.2 Å². The molecule has 96 valence electrons. The second-order valence-corrected chi connectivity index (χ2v) is 5.66. The lowest BCUT2D eigenvalue weighted by Gasteiger charge is -2.30. The Labute approximate surface area is 119 Å². The molecule has 2 rings (SSSR count). The second kappa shape index (κ2) is 5.69. The zero-order valence-electron chi connectivity index (χ0n) is 9.80. The lowest BCUT2D eigenvalue weighted by atomic mass is 9.96. The average molecular weight is 359 g/mol. The Morgan fingerprint density at radius 2 is 1.72 bits per heavy atom. The van der Waals surface area contributed by atoms with Gasteiger partial charge >= 0.3 is 5.97 Å². The van der Waals surface area contributed by atoms with Gasteiger partial charge in [-0.1, -0.05) is 0 Å². The number of amides is 1.